The number of benzene rings is 2. The number of fused-ring (bicyclic) bond motifs is 3. The third kappa shape index (κ3) is 6.05. The minimum absolute atomic E-state index is 0.0713. The number of hydrogen-bond acceptors (Lipinski definition) is 7. The van der Waals surface area contributed by atoms with Crippen molar-refractivity contribution in [2.24, 2.45) is 5.92 Å². The van der Waals surface area contributed by atoms with Gasteiger partial charge in [-0.15, -0.1) is 0 Å². The van der Waals surface area contributed by atoms with Crippen LogP contribution in [-0.2, 0) is 23.1 Å². The molecule has 1 saturated carbocycles. The number of hydrogen-bond donors (Lipinski definition) is 2. The summed E-state index contributed by atoms with van der Waals surface area (Å²) in [4.78, 5) is 61.1. The average molecular weight is 667 g/mol. The first kappa shape index (κ1) is 34.1. The molecule has 1 saturated heterocycles. The fraction of sp³-hybridized carbons (Fsp3) is 0.514. The Morgan fingerprint density at radius 2 is 1.55 bits per heavy atom. The smallest absolute Gasteiger partial charge is 0.343 e. The van der Waals surface area contributed by atoms with Crippen molar-refractivity contribution in [1.29, 1.82) is 5.26 Å². The quantitative estimate of drug-likeness (QED) is 0.357. The van der Waals surface area contributed by atoms with Gasteiger partial charge in [-0.1, -0.05) is 12.1 Å². The van der Waals surface area contributed by atoms with Crippen molar-refractivity contribution < 1.29 is 14.4 Å². The molecule has 6 rings (SSSR count). The predicted octanol–water partition coefficient (Wildman–Crippen LogP) is 2.87. The molecule has 3 aromatic rings. The van der Waals surface area contributed by atoms with Gasteiger partial charge in [0.15, 0.2) is 0 Å². The summed E-state index contributed by atoms with van der Waals surface area (Å²) in [6.07, 6.45) is 3.29. The summed E-state index contributed by atoms with van der Waals surface area (Å²) < 4.78 is 1.44. The minimum Gasteiger partial charge on any atom is -0.345 e. The normalized spacial score (nSPS) is 20.8. The van der Waals surface area contributed by atoms with E-state index >= 15 is 0 Å². The second-order valence-electron chi connectivity index (χ2n) is 14.6. The molecule has 4 atom stereocenters. The summed E-state index contributed by atoms with van der Waals surface area (Å²) in [5, 5.41) is 18.0. The molecule has 2 aliphatic carbocycles. The largest absolute Gasteiger partial charge is 0.345 e. The molecule has 2 aromatic carbocycles. The Morgan fingerprint density at radius 3 is 2.04 bits per heavy atom. The minimum atomic E-state index is -1.01. The molecule has 0 radical (unpaired) electrons. The maximum Gasteiger partial charge on any atom is 0.343 e. The first-order chi connectivity index (χ1) is 23.3. The molecule has 1 aliphatic heterocycles. The second kappa shape index (κ2) is 12.9. The Hall–Kier alpha value is -4.76. The molecule has 12 heteroatoms. The van der Waals surface area contributed by atoms with Crippen LogP contribution in [0.15, 0.2) is 41.2 Å². The standard InChI is InChI=1S/C37H46N8O4/c1-21(2)45-36(49)40-35(41-45)37(18-22(3)39-20-32(46)44-28(19-38)16-27-17-31(27)44)29-12-10-25(33(47)42(4)5)14-23(29)8-9-24-15-26(11-13-30(24)37)34(48)43(6)7/h10-15,21-22,27-28,31,39H,8-9,16-18,20H2,1-7H3,(H,40,41,49)/t22-,27-,28?,31+/m1/s1. The highest BCUT2D eigenvalue weighted by Crippen LogP contribution is 2.48. The summed E-state index contributed by atoms with van der Waals surface area (Å²) in [7, 11) is 6.89. The number of rotatable bonds is 9. The van der Waals surface area contributed by atoms with Crippen molar-refractivity contribution in [2.75, 3.05) is 34.7 Å². The number of likely N-dealkylation sites (tertiary alicyclic amines) is 1. The van der Waals surface area contributed by atoms with E-state index in [4.69, 9.17) is 5.10 Å². The number of carbonyl (C=O) groups excluding carboxylic acids is 3. The number of aromatic amines is 1. The molecular formula is C37H46N8O4. The number of H-pyrrole nitrogens is 1. The first-order valence-electron chi connectivity index (χ1n) is 17.1. The maximum atomic E-state index is 13.5. The van der Waals surface area contributed by atoms with Crippen LogP contribution in [-0.4, -0.2) is 100 Å². The van der Waals surface area contributed by atoms with E-state index in [1.807, 2.05) is 57.2 Å². The fourth-order valence-electron chi connectivity index (χ4n) is 7.90. The van der Waals surface area contributed by atoms with Crippen molar-refractivity contribution in [3.63, 3.8) is 0 Å². The van der Waals surface area contributed by atoms with E-state index in [0.717, 1.165) is 35.1 Å². The van der Waals surface area contributed by atoms with Crippen molar-refractivity contribution in [3.8, 4) is 6.07 Å². The third-order valence-corrected chi connectivity index (χ3v) is 10.4. The van der Waals surface area contributed by atoms with Crippen LogP contribution in [0.3, 0.4) is 0 Å². The number of piperidine rings is 1. The highest BCUT2D eigenvalue weighted by Gasteiger charge is 2.54. The molecule has 0 spiro atoms. The summed E-state index contributed by atoms with van der Waals surface area (Å²) in [6, 6.07) is 13.1. The number of aromatic nitrogens is 3. The van der Waals surface area contributed by atoms with E-state index in [1.165, 1.54) is 4.68 Å². The fourth-order valence-corrected chi connectivity index (χ4v) is 7.90. The van der Waals surface area contributed by atoms with Gasteiger partial charge in [0, 0.05) is 51.4 Å². The van der Waals surface area contributed by atoms with Crippen LogP contribution in [0.1, 0.15) is 94.9 Å². The zero-order valence-corrected chi connectivity index (χ0v) is 29.4. The van der Waals surface area contributed by atoms with Crippen LogP contribution < -0.4 is 11.0 Å². The predicted molar refractivity (Wildman–Crippen MR) is 184 cm³/mol. The lowest BCUT2D eigenvalue weighted by Crippen LogP contribution is -2.46. The van der Waals surface area contributed by atoms with Crippen LogP contribution in [0.5, 0.6) is 0 Å². The van der Waals surface area contributed by atoms with Crippen molar-refractivity contribution in [3.05, 3.63) is 86.1 Å². The van der Waals surface area contributed by atoms with E-state index in [9.17, 15) is 24.4 Å². The molecule has 1 aromatic heterocycles. The number of nitrogens with one attached hydrogen (secondary N) is 2. The van der Waals surface area contributed by atoms with Gasteiger partial charge >= 0.3 is 5.69 Å². The Bertz CT molecular complexity index is 1830. The van der Waals surface area contributed by atoms with Gasteiger partial charge in [0.1, 0.15) is 11.9 Å². The molecule has 3 aliphatic rings. The second-order valence-corrected chi connectivity index (χ2v) is 14.6. The van der Waals surface area contributed by atoms with Crippen molar-refractivity contribution >= 4 is 17.7 Å². The molecule has 1 unspecified atom stereocenters. The molecule has 3 amide bonds. The lowest BCUT2D eigenvalue weighted by atomic mass is 9.67. The summed E-state index contributed by atoms with van der Waals surface area (Å²) in [5.74, 6) is 0.565. The first-order valence-corrected chi connectivity index (χ1v) is 17.1. The summed E-state index contributed by atoms with van der Waals surface area (Å²) >= 11 is 0. The lowest BCUT2D eigenvalue weighted by Gasteiger charge is -2.37. The Balaban J connectivity index is 1.49. The molecule has 12 nitrogen and oxygen atoms in total. The average Bonchev–Trinajstić information content (AvgIpc) is 3.60. The molecule has 258 valence electrons. The van der Waals surface area contributed by atoms with Crippen LogP contribution in [0.4, 0.5) is 0 Å². The summed E-state index contributed by atoms with van der Waals surface area (Å²) in [5.41, 5.74) is 3.47. The molecule has 0 bridgehead atoms. The van der Waals surface area contributed by atoms with Gasteiger partial charge in [-0.2, -0.15) is 10.4 Å². The van der Waals surface area contributed by atoms with Gasteiger partial charge in [-0.05, 0) is 105 Å². The molecule has 2 fully saturated rings. The van der Waals surface area contributed by atoms with E-state index in [1.54, 1.807) is 42.9 Å². The van der Waals surface area contributed by atoms with Gasteiger partial charge < -0.3 is 20.0 Å². The van der Waals surface area contributed by atoms with E-state index in [2.05, 4.69) is 16.4 Å². The van der Waals surface area contributed by atoms with Gasteiger partial charge in [0.2, 0.25) is 5.91 Å². The van der Waals surface area contributed by atoms with Gasteiger partial charge in [0.25, 0.3) is 11.8 Å². The van der Waals surface area contributed by atoms with Gasteiger partial charge in [0.05, 0.1) is 24.1 Å². The van der Waals surface area contributed by atoms with Gasteiger partial charge in [-0.25, -0.2) is 9.48 Å². The Labute approximate surface area is 287 Å². The number of carbonyl (C=O) groups is 3. The monoisotopic (exact) mass is 666 g/mol. The van der Waals surface area contributed by atoms with E-state index in [-0.39, 0.29) is 54.1 Å². The molecule has 49 heavy (non-hydrogen) atoms. The zero-order chi connectivity index (χ0) is 35.4. The number of amides is 3. The SMILES string of the molecule is CC(C)n1nc(C2(C[C@@H](C)NCC(=O)N3C(C#N)C[C@@H]4C[C@@H]43)c3ccc(C(=O)N(C)C)cc3CCc3cc(C(=O)N(C)C)ccc32)[nH]c1=O. The van der Waals surface area contributed by atoms with Crippen LogP contribution in [0.2, 0.25) is 0 Å². The summed E-state index contributed by atoms with van der Waals surface area (Å²) in [6.45, 7) is 5.89. The molecule has 2 heterocycles. The third-order valence-electron chi connectivity index (χ3n) is 10.4. The zero-order valence-electron chi connectivity index (χ0n) is 29.4. The molecular weight excluding hydrogens is 620 g/mol. The van der Waals surface area contributed by atoms with Crippen molar-refractivity contribution in [2.45, 2.75) is 82.5 Å². The molecule has 2 N–H and O–H groups in total. The Morgan fingerprint density at radius 1 is 0.980 bits per heavy atom. The number of nitriles is 1. The highest BCUT2D eigenvalue weighted by atomic mass is 16.2. The van der Waals surface area contributed by atoms with Crippen LogP contribution >= 0.6 is 0 Å². The van der Waals surface area contributed by atoms with E-state index < -0.39 is 5.41 Å². The topological polar surface area (TPSA) is 147 Å². The van der Waals surface area contributed by atoms with Crippen molar-refractivity contribution in [1.82, 2.24) is 34.8 Å². The lowest BCUT2D eigenvalue weighted by molar-refractivity contribution is -0.131. The highest BCUT2D eigenvalue weighted by molar-refractivity contribution is 5.95. The van der Waals surface area contributed by atoms with Crippen LogP contribution in [0.25, 0.3) is 0 Å². The number of nitrogens with zero attached hydrogens (tertiary/aromatic N) is 6. The maximum absolute atomic E-state index is 13.5. The number of aryl methyl sites for hydroxylation is 2. The van der Waals surface area contributed by atoms with Crippen LogP contribution in [0, 0.1) is 17.2 Å². The Kier molecular flexibility index (Phi) is 9.00. The van der Waals surface area contributed by atoms with Gasteiger partial charge in [-0.3, -0.25) is 19.4 Å². The van der Waals surface area contributed by atoms with E-state index in [0.29, 0.717) is 42.1 Å².